The molecule has 2 rings (SSSR count). The third-order valence-corrected chi connectivity index (χ3v) is 17.0. The highest BCUT2D eigenvalue weighted by Crippen LogP contribution is 2.42. The van der Waals surface area contributed by atoms with Crippen molar-refractivity contribution in [2.75, 3.05) is 13.2 Å². The molecule has 1 amide bonds. The molecule has 0 spiro atoms. The monoisotopic (exact) mass is 503 g/mol. The molecule has 0 saturated carbocycles. The van der Waals surface area contributed by atoms with Gasteiger partial charge in [0.05, 0.1) is 18.3 Å². The van der Waals surface area contributed by atoms with Crippen LogP contribution in [-0.4, -0.2) is 70.3 Å². The fraction of sp³-hybridized carbons (Fsp3) is 0.826. The van der Waals surface area contributed by atoms with Gasteiger partial charge in [-0.05, 0) is 36.3 Å². The average Bonchev–Trinajstić information content (AvgIpc) is 2.94. The van der Waals surface area contributed by atoms with Gasteiger partial charge in [0.25, 0.3) is 12.1 Å². The Morgan fingerprint density at radius 2 is 1.72 bits per heavy atom. The van der Waals surface area contributed by atoms with E-state index in [1.807, 2.05) is 10.7 Å². The Morgan fingerprint density at radius 1 is 1.16 bits per heavy atom. The van der Waals surface area contributed by atoms with E-state index in [1.165, 1.54) is 0 Å². The molecule has 0 aromatic rings. The Bertz CT molecular complexity index is 769. The van der Waals surface area contributed by atoms with Gasteiger partial charge in [-0.3, -0.25) is 4.79 Å². The maximum Gasteiger partial charge on any atom is 0.277 e. The van der Waals surface area contributed by atoms with Crippen LogP contribution in [0.2, 0.25) is 36.3 Å². The maximum absolute atomic E-state index is 11.7. The number of ether oxygens (including phenoxy) is 1. The van der Waals surface area contributed by atoms with E-state index in [0.29, 0.717) is 18.7 Å². The van der Waals surface area contributed by atoms with Gasteiger partial charge in [-0.25, -0.2) is 4.58 Å². The molecule has 0 aliphatic carbocycles. The zero-order chi connectivity index (χ0) is 24.7. The molecule has 32 heavy (non-hydrogen) atoms. The lowest BCUT2D eigenvalue weighted by Crippen LogP contribution is -2.50. The largest absolute Gasteiger partial charge is 0.414 e. The highest BCUT2D eigenvalue weighted by Gasteiger charge is 2.54. The maximum atomic E-state index is 11.7. The van der Waals surface area contributed by atoms with Crippen LogP contribution in [0.25, 0.3) is 0 Å². The SMILES string of the molecule is CC(C)(C)[Si](C)(C)OC[C@H]1O[C@@H]([N+]2=CC(C(N)=O)=CCC2)C(Cl)C1O[Si](C)(C)C(C)(C)C. The van der Waals surface area contributed by atoms with Gasteiger partial charge in [-0.15, -0.1) is 11.6 Å². The Balaban J connectivity index is 2.32. The Labute approximate surface area is 201 Å². The number of rotatable bonds is 7. The zero-order valence-electron chi connectivity index (χ0n) is 21.6. The molecule has 2 aliphatic rings. The average molecular weight is 504 g/mol. The van der Waals surface area contributed by atoms with Crippen molar-refractivity contribution >= 4 is 40.4 Å². The van der Waals surface area contributed by atoms with Crippen LogP contribution in [0, 0.1) is 0 Å². The molecule has 4 atom stereocenters. The lowest BCUT2D eigenvalue weighted by Gasteiger charge is -2.41. The second-order valence-electron chi connectivity index (χ2n) is 12.1. The molecule has 2 heterocycles. The number of amides is 1. The molecule has 0 aromatic heterocycles. The second-order valence-corrected chi connectivity index (χ2v) is 22.2. The normalized spacial score (nSPS) is 27.8. The van der Waals surface area contributed by atoms with Gasteiger partial charge < -0.3 is 19.3 Å². The number of carbonyl (C=O) groups is 1. The van der Waals surface area contributed by atoms with E-state index in [0.717, 1.165) is 6.42 Å². The quantitative estimate of drug-likeness (QED) is 0.312. The van der Waals surface area contributed by atoms with Crippen molar-refractivity contribution in [3.8, 4) is 0 Å². The van der Waals surface area contributed by atoms with Crippen molar-refractivity contribution in [2.24, 2.45) is 5.73 Å². The minimum Gasteiger partial charge on any atom is -0.414 e. The highest BCUT2D eigenvalue weighted by molar-refractivity contribution is 6.74. The number of carbonyl (C=O) groups excluding carboxylic acids is 1. The van der Waals surface area contributed by atoms with Crippen LogP contribution >= 0.6 is 11.6 Å². The number of alkyl halides is 1. The molecule has 1 saturated heterocycles. The molecule has 9 heteroatoms. The van der Waals surface area contributed by atoms with Gasteiger partial charge in [-0.2, -0.15) is 0 Å². The molecule has 184 valence electrons. The van der Waals surface area contributed by atoms with E-state index in [4.69, 9.17) is 30.9 Å². The van der Waals surface area contributed by atoms with Crippen molar-refractivity contribution in [2.45, 2.75) is 108 Å². The smallest absolute Gasteiger partial charge is 0.277 e. The van der Waals surface area contributed by atoms with E-state index < -0.39 is 28.8 Å². The number of primary amides is 1. The van der Waals surface area contributed by atoms with E-state index in [2.05, 4.69) is 67.7 Å². The van der Waals surface area contributed by atoms with E-state index in [-0.39, 0.29) is 27.7 Å². The molecular formula is C23H44ClN2O4Si2+. The fourth-order valence-electron chi connectivity index (χ4n) is 3.29. The molecule has 0 aromatic carbocycles. The number of hydrogen-bond donors (Lipinski definition) is 1. The van der Waals surface area contributed by atoms with Crippen LogP contribution in [0.1, 0.15) is 48.0 Å². The lowest BCUT2D eigenvalue weighted by atomic mass is 10.1. The number of nitrogens with zero attached hydrogens (tertiary/aromatic N) is 1. The molecule has 0 bridgehead atoms. The summed E-state index contributed by atoms with van der Waals surface area (Å²) >= 11 is 7.03. The third kappa shape index (κ3) is 6.13. The number of nitrogens with two attached hydrogens (primary N) is 1. The van der Waals surface area contributed by atoms with E-state index in [9.17, 15) is 4.79 Å². The first kappa shape index (κ1) is 27.7. The summed E-state index contributed by atoms with van der Waals surface area (Å²) < 4.78 is 21.8. The van der Waals surface area contributed by atoms with Gasteiger partial charge in [-0.1, -0.05) is 47.6 Å². The summed E-state index contributed by atoms with van der Waals surface area (Å²) in [6.45, 7) is 23.5. The summed E-state index contributed by atoms with van der Waals surface area (Å²) in [5.41, 5.74) is 6.00. The summed E-state index contributed by atoms with van der Waals surface area (Å²) in [7, 11) is -4.06. The molecule has 1 fully saturated rings. The standard InChI is InChI=1S/C23H43ClN2O4Si2/c1-22(2,3)31(7,8)28-15-17-19(30-32(9,10)23(4,5)6)18(24)21(29-17)26-13-11-12-16(14-26)20(25)27/h12,14,17-19,21H,11,13,15H2,1-10H3,(H-,25,27)/p+1/t17-,18?,19?,21-/m1/s1. The van der Waals surface area contributed by atoms with Crippen LogP contribution in [0.15, 0.2) is 11.6 Å². The summed E-state index contributed by atoms with van der Waals surface area (Å²) in [6, 6.07) is 0. The van der Waals surface area contributed by atoms with Crippen molar-refractivity contribution < 1.29 is 23.0 Å². The van der Waals surface area contributed by atoms with Crippen LogP contribution in [-0.2, 0) is 18.4 Å². The second kappa shape index (κ2) is 9.62. The Morgan fingerprint density at radius 3 is 2.22 bits per heavy atom. The minimum atomic E-state index is -2.10. The number of hydrogen-bond acceptors (Lipinski definition) is 4. The highest BCUT2D eigenvalue weighted by atomic mass is 35.5. The number of halogens is 1. The zero-order valence-corrected chi connectivity index (χ0v) is 24.4. The molecule has 0 radical (unpaired) electrons. The van der Waals surface area contributed by atoms with Gasteiger partial charge in [0.15, 0.2) is 22.8 Å². The van der Waals surface area contributed by atoms with Gasteiger partial charge in [0.2, 0.25) is 0 Å². The predicted molar refractivity (Wildman–Crippen MR) is 137 cm³/mol. The summed E-state index contributed by atoms with van der Waals surface area (Å²) in [5.74, 6) is -0.439. The van der Waals surface area contributed by atoms with Gasteiger partial charge >= 0.3 is 0 Å². The minimum absolute atomic E-state index is 0.0473. The molecular weight excluding hydrogens is 460 g/mol. The lowest BCUT2D eigenvalue weighted by molar-refractivity contribution is -0.605. The van der Waals surface area contributed by atoms with Crippen LogP contribution in [0.4, 0.5) is 0 Å². The Kier molecular flexibility index (Phi) is 8.34. The molecule has 2 aliphatic heterocycles. The Hall–Kier alpha value is -0.516. The van der Waals surface area contributed by atoms with Crippen molar-refractivity contribution in [1.82, 2.24) is 0 Å². The van der Waals surface area contributed by atoms with Crippen LogP contribution < -0.4 is 5.73 Å². The first-order chi connectivity index (χ1) is 14.4. The molecule has 2 unspecified atom stereocenters. The van der Waals surface area contributed by atoms with E-state index in [1.54, 1.807) is 6.21 Å². The van der Waals surface area contributed by atoms with Crippen LogP contribution in [0.3, 0.4) is 0 Å². The summed E-state index contributed by atoms with van der Waals surface area (Å²) in [6.07, 6.45) is 3.38. The van der Waals surface area contributed by atoms with Gasteiger partial charge in [0.1, 0.15) is 18.0 Å². The van der Waals surface area contributed by atoms with Gasteiger partial charge in [0, 0.05) is 6.42 Å². The first-order valence-corrected chi connectivity index (χ1v) is 17.8. The van der Waals surface area contributed by atoms with Crippen molar-refractivity contribution in [3.63, 3.8) is 0 Å². The van der Waals surface area contributed by atoms with E-state index >= 15 is 0 Å². The fourth-order valence-corrected chi connectivity index (χ4v) is 6.14. The summed E-state index contributed by atoms with van der Waals surface area (Å²) in [5, 5.41) is -0.241. The molecule has 2 N–H and O–H groups in total. The van der Waals surface area contributed by atoms with Crippen molar-refractivity contribution in [1.29, 1.82) is 0 Å². The molecule has 6 nitrogen and oxygen atoms in total. The summed E-state index contributed by atoms with van der Waals surface area (Å²) in [4.78, 5) is 11.7. The van der Waals surface area contributed by atoms with Crippen molar-refractivity contribution in [3.05, 3.63) is 11.6 Å². The third-order valence-electron chi connectivity index (χ3n) is 7.59. The topological polar surface area (TPSA) is 73.8 Å². The van der Waals surface area contributed by atoms with Crippen LogP contribution in [0.5, 0.6) is 0 Å². The predicted octanol–water partition coefficient (Wildman–Crippen LogP) is 4.63. The first-order valence-electron chi connectivity index (χ1n) is 11.6.